The van der Waals surface area contributed by atoms with E-state index in [2.05, 4.69) is 18.2 Å². The molecule has 0 radical (unpaired) electrons. The summed E-state index contributed by atoms with van der Waals surface area (Å²) in [6.45, 7) is 0. The molecule has 1 amide bonds. The molecule has 7 heteroatoms. The summed E-state index contributed by atoms with van der Waals surface area (Å²) in [5.74, 6) is -0.539. The summed E-state index contributed by atoms with van der Waals surface area (Å²) in [6.07, 6.45) is 2.50. The van der Waals surface area contributed by atoms with E-state index in [-0.39, 0.29) is 17.0 Å². The fraction of sp³-hybridized carbons (Fsp3) is 0.0968. The first-order chi connectivity index (χ1) is 18.6. The number of nitrogens with zero attached hydrogens (tertiary/aromatic N) is 3. The molecular weight excluding hydrogens is 494 g/mol. The van der Waals surface area contributed by atoms with Crippen LogP contribution < -0.4 is 9.64 Å². The second-order valence-electron chi connectivity index (χ2n) is 9.33. The second-order valence-corrected chi connectivity index (χ2v) is 10.3. The quantitative estimate of drug-likeness (QED) is 0.317. The van der Waals surface area contributed by atoms with Crippen molar-refractivity contribution in [3.8, 4) is 11.5 Å². The number of anilines is 1. The topological polar surface area (TPSA) is 65.4 Å². The Balaban J connectivity index is 1.50. The molecular formula is C31H23N3O3S. The van der Waals surface area contributed by atoms with Gasteiger partial charge in [0.15, 0.2) is 0 Å². The Morgan fingerprint density at radius 1 is 0.895 bits per heavy atom. The van der Waals surface area contributed by atoms with Crippen molar-refractivity contribution in [2.75, 3.05) is 4.90 Å². The Hall–Kier alpha value is -4.49. The summed E-state index contributed by atoms with van der Waals surface area (Å²) in [4.78, 5) is 16.1. The molecule has 186 valence electrons. The van der Waals surface area contributed by atoms with Crippen LogP contribution >= 0.6 is 11.8 Å². The predicted molar refractivity (Wildman–Crippen MR) is 150 cm³/mol. The van der Waals surface area contributed by atoms with Gasteiger partial charge >= 0.3 is 5.85 Å². The minimum absolute atomic E-state index is 0.129. The van der Waals surface area contributed by atoms with Gasteiger partial charge in [-0.15, -0.1) is 0 Å². The standard InChI is InChI=1S/C31H23N3O3S/c35-27-17-9-7-13-22(27)19-29-31(33(30(36)38-29)23-14-5-2-6-15-23)34-26(24-16-8-10-18-28(24)37-31)20-25(32-34)21-11-3-1-4-12-21/h1-19,26,35H,20H2/b29-19-. The summed E-state index contributed by atoms with van der Waals surface area (Å²) in [5, 5.41) is 17.5. The van der Waals surface area contributed by atoms with Gasteiger partial charge in [0.25, 0.3) is 5.24 Å². The Morgan fingerprint density at radius 3 is 2.37 bits per heavy atom. The Labute approximate surface area is 224 Å². The lowest BCUT2D eigenvalue weighted by atomic mass is 9.95. The van der Waals surface area contributed by atoms with E-state index in [1.54, 1.807) is 17.0 Å². The van der Waals surface area contributed by atoms with Crippen molar-refractivity contribution in [1.82, 2.24) is 5.01 Å². The fourth-order valence-corrected chi connectivity index (χ4v) is 6.42. The number of phenols is 1. The molecule has 1 saturated heterocycles. The van der Waals surface area contributed by atoms with Gasteiger partial charge in [-0.05, 0) is 47.7 Å². The molecule has 4 aromatic carbocycles. The SMILES string of the molecule is O=C1S/C(=C\c2ccccc2O)C2(Oc3ccccc3C3CC(c4ccccc4)=NN32)N1c1ccccc1. The monoisotopic (exact) mass is 517 g/mol. The molecule has 3 aliphatic rings. The first-order valence-electron chi connectivity index (χ1n) is 12.4. The average Bonchev–Trinajstić information content (AvgIpc) is 3.52. The average molecular weight is 518 g/mol. The van der Waals surface area contributed by atoms with Crippen molar-refractivity contribution >= 4 is 34.5 Å². The Bertz CT molecular complexity index is 1610. The molecule has 38 heavy (non-hydrogen) atoms. The zero-order valence-corrected chi connectivity index (χ0v) is 21.1. The predicted octanol–water partition coefficient (Wildman–Crippen LogP) is 7.00. The number of phenolic OH excluding ortho intramolecular Hbond substituents is 1. The third-order valence-electron chi connectivity index (χ3n) is 7.10. The number of aromatic hydroxyl groups is 1. The number of thioether (sulfide) groups is 1. The summed E-state index contributed by atoms with van der Waals surface area (Å²) in [6, 6.07) is 34.5. The number of fused-ring (bicyclic) bond motifs is 4. The van der Waals surface area contributed by atoms with E-state index in [0.29, 0.717) is 28.3 Å². The summed E-state index contributed by atoms with van der Waals surface area (Å²) < 4.78 is 6.89. The molecule has 0 aliphatic carbocycles. The molecule has 6 nitrogen and oxygen atoms in total. The fourth-order valence-electron chi connectivity index (χ4n) is 5.37. The van der Waals surface area contributed by atoms with Crippen LogP contribution in [0.3, 0.4) is 0 Å². The van der Waals surface area contributed by atoms with Crippen molar-refractivity contribution < 1.29 is 14.6 Å². The molecule has 0 bridgehead atoms. The zero-order chi connectivity index (χ0) is 25.7. The number of rotatable bonds is 3. The highest BCUT2D eigenvalue weighted by Gasteiger charge is 2.63. The molecule has 2 atom stereocenters. The van der Waals surface area contributed by atoms with E-state index >= 15 is 0 Å². The second kappa shape index (κ2) is 8.82. The van der Waals surface area contributed by atoms with Crippen LogP contribution in [0.1, 0.15) is 29.2 Å². The van der Waals surface area contributed by atoms with E-state index in [1.165, 1.54) is 0 Å². The molecule has 1 spiro atoms. The van der Waals surface area contributed by atoms with Gasteiger partial charge in [0.2, 0.25) is 0 Å². The number of amides is 1. The first kappa shape index (κ1) is 22.7. The maximum absolute atomic E-state index is 13.8. The van der Waals surface area contributed by atoms with Crippen molar-refractivity contribution in [3.05, 3.63) is 131 Å². The van der Waals surface area contributed by atoms with Gasteiger partial charge in [-0.1, -0.05) is 84.9 Å². The number of para-hydroxylation sites is 3. The third-order valence-corrected chi connectivity index (χ3v) is 8.06. The minimum Gasteiger partial charge on any atom is -0.507 e. The Kier molecular flexibility index (Phi) is 5.26. The molecule has 3 aliphatic heterocycles. The summed E-state index contributed by atoms with van der Waals surface area (Å²) in [7, 11) is 0. The van der Waals surface area contributed by atoms with Crippen molar-refractivity contribution in [2.45, 2.75) is 18.3 Å². The molecule has 0 aromatic heterocycles. The lowest BCUT2D eigenvalue weighted by Gasteiger charge is -2.49. The van der Waals surface area contributed by atoms with Crippen LogP contribution in [0.15, 0.2) is 119 Å². The van der Waals surface area contributed by atoms with Crippen LogP contribution in [0.4, 0.5) is 10.5 Å². The van der Waals surface area contributed by atoms with Crippen molar-refractivity contribution in [3.63, 3.8) is 0 Å². The molecule has 0 saturated carbocycles. The van der Waals surface area contributed by atoms with Gasteiger partial charge in [-0.2, -0.15) is 5.10 Å². The highest BCUT2D eigenvalue weighted by molar-refractivity contribution is 8.17. The number of hydrazone groups is 1. The van der Waals surface area contributed by atoms with E-state index in [1.807, 2.05) is 89.9 Å². The molecule has 4 aromatic rings. The van der Waals surface area contributed by atoms with E-state index in [9.17, 15) is 9.90 Å². The third kappa shape index (κ3) is 3.43. The van der Waals surface area contributed by atoms with Crippen LogP contribution in [0.2, 0.25) is 0 Å². The minimum atomic E-state index is -1.37. The summed E-state index contributed by atoms with van der Waals surface area (Å²) >= 11 is 1.10. The zero-order valence-electron chi connectivity index (χ0n) is 20.3. The van der Waals surface area contributed by atoms with Gasteiger partial charge in [0.05, 0.1) is 22.3 Å². The number of hydrogen-bond acceptors (Lipinski definition) is 6. The highest BCUT2D eigenvalue weighted by atomic mass is 32.2. The van der Waals surface area contributed by atoms with Gasteiger partial charge in [0.1, 0.15) is 11.5 Å². The molecule has 3 heterocycles. The molecule has 7 rings (SSSR count). The molecule has 1 fully saturated rings. The summed E-state index contributed by atoms with van der Waals surface area (Å²) in [5.41, 5.74) is 4.28. The first-order valence-corrected chi connectivity index (χ1v) is 13.2. The van der Waals surface area contributed by atoms with Crippen LogP contribution in [0, 0.1) is 0 Å². The molecule has 1 N–H and O–H groups in total. The van der Waals surface area contributed by atoms with Gasteiger partial charge < -0.3 is 9.84 Å². The Morgan fingerprint density at radius 2 is 1.58 bits per heavy atom. The number of hydrogen-bond donors (Lipinski definition) is 1. The highest BCUT2D eigenvalue weighted by Crippen LogP contribution is 2.57. The maximum Gasteiger partial charge on any atom is 0.321 e. The number of carbonyl (C=O) groups excluding carboxylic acids is 1. The van der Waals surface area contributed by atoms with E-state index in [4.69, 9.17) is 9.84 Å². The van der Waals surface area contributed by atoms with E-state index < -0.39 is 5.85 Å². The van der Waals surface area contributed by atoms with Gasteiger partial charge in [-0.25, -0.2) is 9.91 Å². The number of carbonyl (C=O) groups is 1. The van der Waals surface area contributed by atoms with Crippen LogP contribution in [-0.2, 0) is 0 Å². The lowest BCUT2D eigenvalue weighted by Crippen LogP contribution is -2.63. The maximum atomic E-state index is 13.8. The normalized spacial score (nSPS) is 22.8. The smallest absolute Gasteiger partial charge is 0.321 e. The number of ether oxygens (including phenoxy) is 1. The van der Waals surface area contributed by atoms with Crippen LogP contribution in [0.5, 0.6) is 11.5 Å². The lowest BCUT2D eigenvalue weighted by molar-refractivity contribution is -0.0763. The van der Waals surface area contributed by atoms with Crippen LogP contribution in [0.25, 0.3) is 6.08 Å². The van der Waals surface area contributed by atoms with Crippen molar-refractivity contribution in [1.29, 1.82) is 0 Å². The number of benzene rings is 4. The molecule has 2 unspecified atom stereocenters. The van der Waals surface area contributed by atoms with Gasteiger partial charge in [-0.3, -0.25) is 4.79 Å². The van der Waals surface area contributed by atoms with Gasteiger partial charge in [0, 0.05) is 17.5 Å². The van der Waals surface area contributed by atoms with Crippen LogP contribution in [-0.4, -0.2) is 26.9 Å². The largest absolute Gasteiger partial charge is 0.507 e. The van der Waals surface area contributed by atoms with E-state index in [0.717, 1.165) is 28.6 Å². The van der Waals surface area contributed by atoms with Crippen molar-refractivity contribution in [2.24, 2.45) is 5.10 Å².